The van der Waals surface area contributed by atoms with Crippen molar-refractivity contribution in [2.24, 2.45) is 11.1 Å². The van der Waals surface area contributed by atoms with Gasteiger partial charge < -0.3 is 15.4 Å². The first kappa shape index (κ1) is 15.7. The second-order valence-corrected chi connectivity index (χ2v) is 6.67. The van der Waals surface area contributed by atoms with E-state index in [1.807, 2.05) is 36.1 Å². The molecule has 5 nitrogen and oxygen atoms in total. The molecule has 1 fully saturated rings. The Balaban J connectivity index is 1.93. The highest BCUT2D eigenvalue weighted by molar-refractivity contribution is 5.99. The summed E-state index contributed by atoms with van der Waals surface area (Å²) in [7, 11) is 1.63. The van der Waals surface area contributed by atoms with Gasteiger partial charge in [0.15, 0.2) is 0 Å². The minimum absolute atomic E-state index is 0.0290. The van der Waals surface area contributed by atoms with Gasteiger partial charge in [-0.15, -0.1) is 0 Å². The number of methoxy groups -OCH3 is 1. The van der Waals surface area contributed by atoms with Gasteiger partial charge in [-0.3, -0.25) is 9.78 Å². The van der Waals surface area contributed by atoms with Gasteiger partial charge in [0.2, 0.25) is 0 Å². The molecule has 1 unspecified atom stereocenters. The van der Waals surface area contributed by atoms with Crippen molar-refractivity contribution in [2.75, 3.05) is 26.7 Å². The monoisotopic (exact) mass is 313 g/mol. The van der Waals surface area contributed by atoms with Crippen LogP contribution in [0.25, 0.3) is 10.9 Å². The molecule has 1 amide bonds. The smallest absolute Gasteiger partial charge is 0.255 e. The first-order valence-electron chi connectivity index (χ1n) is 7.90. The average Bonchev–Trinajstić information content (AvgIpc) is 2.96. The molecule has 0 spiro atoms. The summed E-state index contributed by atoms with van der Waals surface area (Å²) in [5.41, 5.74) is 8.12. The number of aryl methyl sites for hydroxylation is 1. The molecule has 3 rings (SSSR count). The summed E-state index contributed by atoms with van der Waals surface area (Å²) in [6, 6.07) is 7.63. The molecule has 0 bridgehead atoms. The lowest BCUT2D eigenvalue weighted by Gasteiger charge is -2.23. The molecule has 1 aliphatic heterocycles. The molecule has 2 N–H and O–H groups in total. The maximum atomic E-state index is 12.9. The van der Waals surface area contributed by atoms with Gasteiger partial charge >= 0.3 is 0 Å². The molecule has 1 atom stereocenters. The number of hydrogen-bond donors (Lipinski definition) is 1. The van der Waals surface area contributed by atoms with Gasteiger partial charge in [-0.1, -0.05) is 6.92 Å². The molecule has 122 valence electrons. The van der Waals surface area contributed by atoms with Crippen LogP contribution in [-0.2, 0) is 0 Å². The Bertz CT molecular complexity index is 759. The number of nitrogens with two attached hydrogens (primary N) is 1. The van der Waals surface area contributed by atoms with E-state index < -0.39 is 0 Å². The highest BCUT2D eigenvalue weighted by atomic mass is 16.5. The molecular formula is C18H23N3O2. The zero-order valence-corrected chi connectivity index (χ0v) is 13.9. The third-order valence-electron chi connectivity index (χ3n) is 4.78. The first-order chi connectivity index (χ1) is 11.0. The first-order valence-corrected chi connectivity index (χ1v) is 7.90. The van der Waals surface area contributed by atoms with Gasteiger partial charge in [0.25, 0.3) is 5.91 Å². The van der Waals surface area contributed by atoms with Crippen LogP contribution in [-0.4, -0.2) is 42.5 Å². The van der Waals surface area contributed by atoms with E-state index in [9.17, 15) is 4.79 Å². The van der Waals surface area contributed by atoms with Gasteiger partial charge in [-0.05, 0) is 43.5 Å². The number of carbonyl (C=O) groups excluding carboxylic acids is 1. The maximum Gasteiger partial charge on any atom is 0.255 e. The number of fused-ring (bicyclic) bond motifs is 1. The van der Waals surface area contributed by atoms with E-state index in [1.165, 1.54) is 0 Å². The van der Waals surface area contributed by atoms with E-state index in [0.717, 1.165) is 35.3 Å². The average molecular weight is 313 g/mol. The lowest BCUT2D eigenvalue weighted by molar-refractivity contribution is 0.0776. The molecule has 0 radical (unpaired) electrons. The fourth-order valence-electron chi connectivity index (χ4n) is 3.12. The number of amides is 1. The third-order valence-corrected chi connectivity index (χ3v) is 4.78. The SMILES string of the molecule is COc1ccc2cc(C(=O)N3CCC(C)(CN)C3)c(C)nc2c1. The van der Waals surface area contributed by atoms with Crippen molar-refractivity contribution in [2.45, 2.75) is 20.3 Å². The Hall–Kier alpha value is -2.14. The maximum absolute atomic E-state index is 12.9. The Morgan fingerprint density at radius 3 is 2.87 bits per heavy atom. The summed E-state index contributed by atoms with van der Waals surface area (Å²) in [5, 5.41) is 0.945. The minimum atomic E-state index is 0.0290. The predicted molar refractivity (Wildman–Crippen MR) is 90.7 cm³/mol. The summed E-state index contributed by atoms with van der Waals surface area (Å²) in [6.45, 7) is 6.09. The van der Waals surface area contributed by atoms with E-state index in [4.69, 9.17) is 10.5 Å². The van der Waals surface area contributed by atoms with Gasteiger partial charge in [-0.25, -0.2) is 0 Å². The lowest BCUT2D eigenvalue weighted by atomic mass is 9.90. The largest absolute Gasteiger partial charge is 0.497 e. The zero-order valence-electron chi connectivity index (χ0n) is 13.9. The number of ether oxygens (including phenoxy) is 1. The molecule has 0 aliphatic carbocycles. The van der Waals surface area contributed by atoms with Crippen LogP contribution in [0.5, 0.6) is 5.75 Å². The van der Waals surface area contributed by atoms with Crippen LogP contribution in [0.15, 0.2) is 24.3 Å². The molecule has 0 saturated carbocycles. The van der Waals surface area contributed by atoms with Gasteiger partial charge in [-0.2, -0.15) is 0 Å². The number of hydrogen-bond acceptors (Lipinski definition) is 4. The van der Waals surface area contributed by atoms with Crippen LogP contribution in [0, 0.1) is 12.3 Å². The fraction of sp³-hybridized carbons (Fsp3) is 0.444. The molecule has 23 heavy (non-hydrogen) atoms. The van der Waals surface area contributed by atoms with E-state index in [2.05, 4.69) is 11.9 Å². The van der Waals surface area contributed by atoms with E-state index >= 15 is 0 Å². The van der Waals surface area contributed by atoms with Crippen molar-refractivity contribution in [1.82, 2.24) is 9.88 Å². The molecule has 2 aromatic rings. The van der Waals surface area contributed by atoms with Crippen LogP contribution in [0.4, 0.5) is 0 Å². The summed E-state index contributed by atoms with van der Waals surface area (Å²) in [5.74, 6) is 0.812. The number of pyridine rings is 1. The third kappa shape index (κ3) is 2.88. The molecule has 1 aromatic heterocycles. The van der Waals surface area contributed by atoms with Crippen molar-refractivity contribution >= 4 is 16.8 Å². The molecule has 1 saturated heterocycles. The molecule has 2 heterocycles. The second kappa shape index (κ2) is 5.81. The Morgan fingerprint density at radius 1 is 1.43 bits per heavy atom. The molecular weight excluding hydrogens is 290 g/mol. The van der Waals surface area contributed by atoms with Crippen LogP contribution >= 0.6 is 0 Å². The van der Waals surface area contributed by atoms with Gasteiger partial charge in [0.1, 0.15) is 5.75 Å². The molecule has 1 aliphatic rings. The van der Waals surface area contributed by atoms with E-state index in [0.29, 0.717) is 18.7 Å². The summed E-state index contributed by atoms with van der Waals surface area (Å²) >= 11 is 0. The number of benzene rings is 1. The summed E-state index contributed by atoms with van der Waals surface area (Å²) in [4.78, 5) is 19.3. The van der Waals surface area contributed by atoms with Crippen LogP contribution in [0.1, 0.15) is 29.4 Å². The number of aromatic nitrogens is 1. The number of rotatable bonds is 3. The standard InChI is InChI=1S/C18H23N3O2/c1-12-15(17(22)21-7-6-18(2,10-19)11-21)8-13-4-5-14(23-3)9-16(13)20-12/h4-5,8-9H,6-7,10-11,19H2,1-3H3. The Morgan fingerprint density at radius 2 is 2.22 bits per heavy atom. The Kier molecular flexibility index (Phi) is 3.98. The number of nitrogens with zero attached hydrogens (tertiary/aromatic N) is 2. The van der Waals surface area contributed by atoms with Gasteiger partial charge in [0.05, 0.1) is 23.9 Å². The second-order valence-electron chi connectivity index (χ2n) is 6.67. The van der Waals surface area contributed by atoms with Crippen molar-refractivity contribution in [3.63, 3.8) is 0 Å². The van der Waals surface area contributed by atoms with Crippen LogP contribution in [0.2, 0.25) is 0 Å². The molecule has 5 heteroatoms. The zero-order chi connectivity index (χ0) is 16.6. The van der Waals surface area contributed by atoms with Crippen LogP contribution in [0.3, 0.4) is 0 Å². The highest BCUT2D eigenvalue weighted by Crippen LogP contribution is 2.30. The quantitative estimate of drug-likeness (QED) is 0.944. The van der Waals surface area contributed by atoms with Crippen molar-refractivity contribution in [3.8, 4) is 5.75 Å². The lowest BCUT2D eigenvalue weighted by Crippen LogP contribution is -2.34. The topological polar surface area (TPSA) is 68.5 Å². The highest BCUT2D eigenvalue weighted by Gasteiger charge is 2.35. The van der Waals surface area contributed by atoms with Gasteiger partial charge in [0, 0.05) is 24.5 Å². The number of likely N-dealkylation sites (tertiary alicyclic amines) is 1. The summed E-state index contributed by atoms with van der Waals surface area (Å²) in [6.07, 6.45) is 0.951. The normalized spacial score (nSPS) is 21.0. The van der Waals surface area contributed by atoms with E-state index in [-0.39, 0.29) is 11.3 Å². The van der Waals surface area contributed by atoms with Crippen molar-refractivity contribution in [1.29, 1.82) is 0 Å². The minimum Gasteiger partial charge on any atom is -0.497 e. The fourth-order valence-corrected chi connectivity index (χ4v) is 3.12. The summed E-state index contributed by atoms with van der Waals surface area (Å²) < 4.78 is 5.23. The Labute approximate surface area is 136 Å². The van der Waals surface area contributed by atoms with Crippen LogP contribution < -0.4 is 10.5 Å². The van der Waals surface area contributed by atoms with Crippen molar-refractivity contribution < 1.29 is 9.53 Å². The van der Waals surface area contributed by atoms with Crippen molar-refractivity contribution in [3.05, 3.63) is 35.5 Å². The predicted octanol–water partition coefficient (Wildman–Crippen LogP) is 2.36. The number of carbonyl (C=O) groups is 1. The van der Waals surface area contributed by atoms with E-state index in [1.54, 1.807) is 7.11 Å². The molecule has 1 aromatic carbocycles.